The Bertz CT molecular complexity index is 971. The fraction of sp³-hybridized carbons (Fsp3) is 0.565. The van der Waals surface area contributed by atoms with Crippen molar-refractivity contribution >= 4 is 28.5 Å². The molecule has 0 saturated heterocycles. The van der Waals surface area contributed by atoms with Crippen LogP contribution >= 0.6 is 11.6 Å². The van der Waals surface area contributed by atoms with Gasteiger partial charge in [-0.3, -0.25) is 4.79 Å². The smallest absolute Gasteiger partial charge is 0.312 e. The van der Waals surface area contributed by atoms with Gasteiger partial charge in [0.15, 0.2) is 0 Å². The lowest BCUT2D eigenvalue weighted by molar-refractivity contribution is -0.197. The van der Waals surface area contributed by atoms with Gasteiger partial charge in [-0.15, -0.1) is 0 Å². The Balaban J connectivity index is 1.37. The molecule has 148 valence electrons. The summed E-state index contributed by atoms with van der Waals surface area (Å²) in [4.78, 5) is 17.6. The van der Waals surface area contributed by atoms with Crippen LogP contribution in [0.4, 0.5) is 0 Å². The largest absolute Gasteiger partial charge is 0.460 e. The molecule has 0 aliphatic heterocycles. The number of aliphatic hydroxyl groups is 1. The van der Waals surface area contributed by atoms with Gasteiger partial charge in [-0.05, 0) is 81.4 Å². The summed E-state index contributed by atoms with van der Waals surface area (Å²) in [7, 11) is 0. The minimum absolute atomic E-state index is 0.128. The van der Waals surface area contributed by atoms with Gasteiger partial charge in [-0.25, -0.2) is 4.98 Å². The fourth-order valence-corrected chi connectivity index (χ4v) is 6.55. The van der Waals surface area contributed by atoms with Gasteiger partial charge in [0, 0.05) is 10.9 Å². The number of hydrogen-bond acceptors (Lipinski definition) is 4. The van der Waals surface area contributed by atoms with Crippen molar-refractivity contribution in [2.45, 2.75) is 64.6 Å². The van der Waals surface area contributed by atoms with Crippen LogP contribution in [0.1, 0.15) is 55.2 Å². The number of benzene rings is 1. The second kappa shape index (κ2) is 6.17. The number of rotatable bonds is 3. The van der Waals surface area contributed by atoms with Crippen molar-refractivity contribution in [3.63, 3.8) is 0 Å². The zero-order valence-corrected chi connectivity index (χ0v) is 17.2. The summed E-state index contributed by atoms with van der Waals surface area (Å²) >= 11 is 6.41. The maximum Gasteiger partial charge on any atom is 0.312 e. The summed E-state index contributed by atoms with van der Waals surface area (Å²) in [5.41, 5.74) is 2.74. The predicted octanol–water partition coefficient (Wildman–Crippen LogP) is 4.88. The maximum atomic E-state index is 13.1. The Morgan fingerprint density at radius 2 is 1.96 bits per heavy atom. The Labute approximate surface area is 170 Å². The highest BCUT2D eigenvalue weighted by atomic mass is 35.5. The van der Waals surface area contributed by atoms with E-state index in [1.807, 2.05) is 19.1 Å². The van der Waals surface area contributed by atoms with Crippen molar-refractivity contribution in [3.05, 3.63) is 40.0 Å². The summed E-state index contributed by atoms with van der Waals surface area (Å²) in [5.74, 6) is 0.739. The monoisotopic (exact) mass is 399 g/mol. The third-order valence-corrected chi connectivity index (χ3v) is 7.69. The fourth-order valence-electron chi connectivity index (χ4n) is 6.35. The number of hydrogen-bond donors (Lipinski definition) is 1. The minimum atomic E-state index is -0.666. The highest BCUT2D eigenvalue weighted by molar-refractivity contribution is 6.30. The Hall–Kier alpha value is -1.65. The van der Waals surface area contributed by atoms with Gasteiger partial charge in [0.05, 0.1) is 16.5 Å². The molecule has 28 heavy (non-hydrogen) atoms. The normalized spacial score (nSPS) is 33.4. The molecule has 4 aliphatic carbocycles. The summed E-state index contributed by atoms with van der Waals surface area (Å²) < 4.78 is 5.77. The third-order valence-electron chi connectivity index (χ3n) is 7.36. The van der Waals surface area contributed by atoms with Crippen molar-refractivity contribution in [2.24, 2.45) is 17.3 Å². The zero-order valence-electron chi connectivity index (χ0n) is 16.4. The molecule has 6 rings (SSSR count). The van der Waals surface area contributed by atoms with E-state index < -0.39 is 11.0 Å². The maximum absolute atomic E-state index is 13.1. The number of pyridine rings is 1. The number of esters is 1. The summed E-state index contributed by atoms with van der Waals surface area (Å²) in [5, 5.41) is 12.3. The average molecular weight is 400 g/mol. The van der Waals surface area contributed by atoms with Crippen LogP contribution in [-0.2, 0) is 16.1 Å². The van der Waals surface area contributed by atoms with Gasteiger partial charge in [0.25, 0.3) is 0 Å². The average Bonchev–Trinajstić information content (AvgIpc) is 2.61. The third kappa shape index (κ3) is 2.84. The first kappa shape index (κ1) is 18.4. The topological polar surface area (TPSA) is 59.4 Å². The lowest BCUT2D eigenvalue weighted by atomic mass is 9.48. The van der Waals surface area contributed by atoms with Crippen LogP contribution in [-0.4, -0.2) is 21.7 Å². The van der Waals surface area contributed by atoms with E-state index in [9.17, 15) is 9.90 Å². The Kier molecular flexibility index (Phi) is 4.05. The minimum Gasteiger partial charge on any atom is -0.460 e. The molecule has 2 unspecified atom stereocenters. The highest BCUT2D eigenvalue weighted by Gasteiger charge is 2.60. The first-order valence-corrected chi connectivity index (χ1v) is 10.6. The molecule has 4 nitrogen and oxygen atoms in total. The highest BCUT2D eigenvalue weighted by Crippen LogP contribution is 2.62. The van der Waals surface area contributed by atoms with E-state index in [0.29, 0.717) is 23.4 Å². The van der Waals surface area contributed by atoms with Crippen LogP contribution in [0.15, 0.2) is 18.2 Å². The van der Waals surface area contributed by atoms with E-state index in [2.05, 4.69) is 18.0 Å². The summed E-state index contributed by atoms with van der Waals surface area (Å²) in [6, 6.07) is 6.07. The number of fused-ring (bicyclic) bond motifs is 1. The van der Waals surface area contributed by atoms with Gasteiger partial charge in [-0.2, -0.15) is 0 Å². The first-order chi connectivity index (χ1) is 13.3. The molecule has 4 fully saturated rings. The lowest BCUT2D eigenvalue weighted by Gasteiger charge is -2.58. The van der Waals surface area contributed by atoms with E-state index in [-0.39, 0.29) is 12.6 Å². The molecule has 4 bridgehead atoms. The van der Waals surface area contributed by atoms with Gasteiger partial charge in [-0.1, -0.05) is 23.7 Å². The van der Waals surface area contributed by atoms with Crippen molar-refractivity contribution in [3.8, 4) is 0 Å². The van der Waals surface area contributed by atoms with Gasteiger partial charge in [0.2, 0.25) is 0 Å². The van der Waals surface area contributed by atoms with E-state index in [1.54, 1.807) is 0 Å². The van der Waals surface area contributed by atoms with Crippen LogP contribution < -0.4 is 0 Å². The van der Waals surface area contributed by atoms with E-state index >= 15 is 0 Å². The number of ether oxygens (including phenoxy) is 1. The van der Waals surface area contributed by atoms with Crippen LogP contribution in [0.5, 0.6) is 0 Å². The van der Waals surface area contributed by atoms with E-state index in [1.165, 1.54) is 5.56 Å². The van der Waals surface area contributed by atoms with Crippen molar-refractivity contribution in [2.75, 3.05) is 0 Å². The number of aromatic nitrogens is 1. The molecule has 4 atom stereocenters. The quantitative estimate of drug-likeness (QED) is 0.590. The molecule has 0 spiro atoms. The van der Waals surface area contributed by atoms with Gasteiger partial charge >= 0.3 is 5.97 Å². The van der Waals surface area contributed by atoms with Crippen molar-refractivity contribution < 1.29 is 14.6 Å². The molecule has 2 aromatic rings. The summed E-state index contributed by atoms with van der Waals surface area (Å²) in [6.45, 7) is 4.22. The van der Waals surface area contributed by atoms with Gasteiger partial charge < -0.3 is 9.84 Å². The molecule has 1 heterocycles. The zero-order chi connectivity index (χ0) is 19.7. The van der Waals surface area contributed by atoms with E-state index in [0.717, 1.165) is 54.1 Å². The molecular formula is C23H26ClNO3. The van der Waals surface area contributed by atoms with E-state index in [4.69, 9.17) is 16.3 Å². The van der Waals surface area contributed by atoms with Gasteiger partial charge in [0.1, 0.15) is 11.8 Å². The second-order valence-electron chi connectivity index (χ2n) is 9.56. The molecule has 0 amide bonds. The molecule has 1 aromatic carbocycles. The van der Waals surface area contributed by atoms with Crippen molar-refractivity contribution in [1.82, 2.24) is 4.98 Å². The van der Waals surface area contributed by atoms with Crippen LogP contribution in [0.25, 0.3) is 10.9 Å². The van der Waals surface area contributed by atoms with Crippen LogP contribution in [0.2, 0.25) is 5.15 Å². The standard InChI is InChI=1S/C23H26ClNO3/c1-13-3-4-17-6-18(20(24)25-19(17)14(13)2)11-28-21(26)22-7-15-5-16(8-22)10-23(27,9-15)12-22/h3-4,6,15-16,27H,5,7-12H2,1-2H3/t15-,16+,22?,23?. The number of carbonyl (C=O) groups is 1. The SMILES string of the molecule is Cc1ccc2cc(COC(=O)C34C[C@@H]5C[C@@H](CC(O)(C5)C3)C4)c(Cl)nc2c1C. The lowest BCUT2D eigenvalue weighted by Crippen LogP contribution is -2.58. The molecule has 5 heteroatoms. The number of aryl methyl sites for hydroxylation is 2. The molecule has 4 saturated carbocycles. The van der Waals surface area contributed by atoms with Crippen LogP contribution in [0.3, 0.4) is 0 Å². The second-order valence-corrected chi connectivity index (χ2v) is 9.92. The van der Waals surface area contributed by atoms with Crippen molar-refractivity contribution in [1.29, 1.82) is 0 Å². The summed E-state index contributed by atoms with van der Waals surface area (Å²) in [6.07, 6.45) is 5.10. The number of nitrogens with zero attached hydrogens (tertiary/aromatic N) is 1. The Morgan fingerprint density at radius 3 is 2.64 bits per heavy atom. The molecule has 1 N–H and O–H groups in total. The Morgan fingerprint density at radius 1 is 1.25 bits per heavy atom. The number of halogens is 1. The number of carbonyl (C=O) groups excluding carboxylic acids is 1. The molecule has 4 aliphatic rings. The molecule has 1 aromatic heterocycles. The molecular weight excluding hydrogens is 374 g/mol. The predicted molar refractivity (Wildman–Crippen MR) is 108 cm³/mol. The van der Waals surface area contributed by atoms with Crippen LogP contribution in [0, 0.1) is 31.1 Å². The first-order valence-electron chi connectivity index (χ1n) is 10.2. The molecule has 0 radical (unpaired) electrons.